The SMILES string of the molecule is CCOCCn1c(=NC(=O)CSCC(=O)N2CC(C)CC(C)C2)sc2cc([N+](=O)[O-])ccc21. The number of ether oxygens (including phenoxy) is 1. The van der Waals surface area contributed by atoms with Gasteiger partial charge in [0, 0.05) is 38.4 Å². The second-order valence-corrected chi connectivity index (χ2v) is 10.4. The minimum atomic E-state index is -0.441. The molecule has 11 heteroatoms. The van der Waals surface area contributed by atoms with Crippen LogP contribution in [-0.2, 0) is 20.9 Å². The summed E-state index contributed by atoms with van der Waals surface area (Å²) in [6.07, 6.45) is 1.13. The van der Waals surface area contributed by atoms with E-state index in [1.807, 2.05) is 16.4 Å². The van der Waals surface area contributed by atoms with E-state index in [1.54, 1.807) is 6.07 Å². The predicted molar refractivity (Wildman–Crippen MR) is 130 cm³/mol. The molecule has 9 nitrogen and oxygen atoms in total. The Hall–Kier alpha value is -2.24. The number of rotatable bonds is 9. The van der Waals surface area contributed by atoms with Crippen LogP contribution in [0.3, 0.4) is 0 Å². The number of aromatic nitrogens is 1. The fourth-order valence-corrected chi connectivity index (χ4v) is 5.90. The van der Waals surface area contributed by atoms with Crippen molar-refractivity contribution in [2.24, 2.45) is 16.8 Å². The molecule has 2 aromatic rings. The highest BCUT2D eigenvalue weighted by Crippen LogP contribution is 2.24. The van der Waals surface area contributed by atoms with Gasteiger partial charge in [-0.25, -0.2) is 0 Å². The van der Waals surface area contributed by atoms with Crippen molar-refractivity contribution in [1.82, 2.24) is 9.47 Å². The maximum atomic E-state index is 12.5. The van der Waals surface area contributed by atoms with Crippen molar-refractivity contribution < 1.29 is 19.2 Å². The normalized spacial score (nSPS) is 19.2. The number of fused-ring (bicyclic) bond motifs is 1. The third kappa shape index (κ3) is 6.87. The fraction of sp³-hybridized carbons (Fsp3) is 0.591. The summed E-state index contributed by atoms with van der Waals surface area (Å²) < 4.78 is 7.98. The highest BCUT2D eigenvalue weighted by atomic mass is 32.2. The van der Waals surface area contributed by atoms with Crippen molar-refractivity contribution in [1.29, 1.82) is 0 Å². The zero-order valence-electron chi connectivity index (χ0n) is 19.2. The van der Waals surface area contributed by atoms with E-state index in [4.69, 9.17) is 4.74 Å². The van der Waals surface area contributed by atoms with Crippen LogP contribution >= 0.6 is 23.1 Å². The van der Waals surface area contributed by atoms with E-state index in [1.165, 1.54) is 35.2 Å². The van der Waals surface area contributed by atoms with Crippen molar-refractivity contribution in [3.05, 3.63) is 33.1 Å². The zero-order valence-corrected chi connectivity index (χ0v) is 20.8. The number of nitro groups is 1. The number of carbonyl (C=O) groups is 2. The number of piperidine rings is 1. The molecule has 1 aromatic carbocycles. The maximum absolute atomic E-state index is 12.5. The van der Waals surface area contributed by atoms with Crippen LogP contribution in [0.1, 0.15) is 27.2 Å². The largest absolute Gasteiger partial charge is 0.380 e. The number of benzene rings is 1. The van der Waals surface area contributed by atoms with E-state index in [2.05, 4.69) is 18.8 Å². The average molecular weight is 495 g/mol. The Morgan fingerprint density at radius 1 is 1.27 bits per heavy atom. The number of thioether (sulfide) groups is 1. The molecule has 3 rings (SSSR count). The summed E-state index contributed by atoms with van der Waals surface area (Å²) in [5.74, 6) is 1.07. The van der Waals surface area contributed by atoms with Crippen LogP contribution in [0.15, 0.2) is 23.2 Å². The van der Waals surface area contributed by atoms with Crippen molar-refractivity contribution >= 4 is 50.8 Å². The molecule has 2 heterocycles. The molecule has 0 N–H and O–H groups in total. The second kappa shape index (κ2) is 11.8. The van der Waals surface area contributed by atoms with E-state index in [9.17, 15) is 19.7 Å². The summed E-state index contributed by atoms with van der Waals surface area (Å²) in [4.78, 5) is 42.4. The Kier molecular flexibility index (Phi) is 9.04. The Morgan fingerprint density at radius 3 is 2.67 bits per heavy atom. The van der Waals surface area contributed by atoms with Crippen molar-refractivity contribution in [3.63, 3.8) is 0 Å². The summed E-state index contributed by atoms with van der Waals surface area (Å²) in [5.41, 5.74) is 0.766. The van der Waals surface area contributed by atoms with Crippen LogP contribution in [0.5, 0.6) is 0 Å². The van der Waals surface area contributed by atoms with E-state index in [0.29, 0.717) is 41.1 Å². The van der Waals surface area contributed by atoms with Crippen molar-refractivity contribution in [2.75, 3.05) is 37.8 Å². The van der Waals surface area contributed by atoms with Crippen LogP contribution in [0.25, 0.3) is 10.2 Å². The topological polar surface area (TPSA) is 107 Å². The van der Waals surface area contributed by atoms with Crippen LogP contribution in [0, 0.1) is 22.0 Å². The lowest BCUT2D eigenvalue weighted by atomic mass is 9.92. The quantitative estimate of drug-likeness (QED) is 0.301. The molecule has 0 saturated carbocycles. The molecule has 2 unspecified atom stereocenters. The second-order valence-electron chi connectivity index (χ2n) is 8.39. The first-order valence-electron chi connectivity index (χ1n) is 11.1. The number of hydrogen-bond acceptors (Lipinski definition) is 7. The van der Waals surface area contributed by atoms with Crippen LogP contribution in [-0.4, -0.2) is 64.0 Å². The smallest absolute Gasteiger partial charge is 0.270 e. The van der Waals surface area contributed by atoms with Crippen LogP contribution in [0.4, 0.5) is 5.69 Å². The van der Waals surface area contributed by atoms with Gasteiger partial charge in [0.15, 0.2) is 4.80 Å². The van der Waals surface area contributed by atoms with Gasteiger partial charge in [-0.2, -0.15) is 4.99 Å². The Labute approximate surface area is 201 Å². The lowest BCUT2D eigenvalue weighted by molar-refractivity contribution is -0.384. The molecule has 1 aromatic heterocycles. The Bertz CT molecular complexity index is 1070. The van der Waals surface area contributed by atoms with Crippen molar-refractivity contribution in [2.45, 2.75) is 33.7 Å². The van der Waals surface area contributed by atoms with Crippen molar-refractivity contribution in [3.8, 4) is 0 Å². The number of non-ortho nitro benzene ring substituents is 1. The van der Waals surface area contributed by atoms with Gasteiger partial charge in [-0.3, -0.25) is 19.7 Å². The molecular formula is C22H30N4O5S2. The zero-order chi connectivity index (χ0) is 24.0. The first-order valence-corrected chi connectivity index (χ1v) is 13.0. The van der Waals surface area contributed by atoms with Gasteiger partial charge in [0.25, 0.3) is 11.6 Å². The molecule has 1 fully saturated rings. The molecule has 1 aliphatic heterocycles. The molecule has 0 radical (unpaired) electrons. The Balaban J connectivity index is 1.69. The molecule has 1 aliphatic rings. The summed E-state index contributed by atoms with van der Waals surface area (Å²) in [5, 5.41) is 11.1. The molecule has 1 saturated heterocycles. The molecule has 2 amide bonds. The standard InChI is InChI=1S/C22H30N4O5S2/c1-4-31-8-7-25-18-6-5-17(26(29)30)10-19(18)33-22(25)23-20(27)13-32-14-21(28)24-11-15(2)9-16(3)12-24/h5-6,10,15-16H,4,7-9,11-14H2,1-3H3. The molecule has 180 valence electrons. The Morgan fingerprint density at radius 2 is 2.00 bits per heavy atom. The number of nitro benzene ring substituents is 1. The number of carbonyl (C=O) groups excluding carboxylic acids is 2. The van der Waals surface area contributed by atoms with Gasteiger partial charge < -0.3 is 14.2 Å². The number of amides is 2. The number of thiazole rings is 1. The van der Waals surface area contributed by atoms with Crippen LogP contribution < -0.4 is 4.80 Å². The molecule has 33 heavy (non-hydrogen) atoms. The minimum Gasteiger partial charge on any atom is -0.380 e. The van der Waals surface area contributed by atoms with Gasteiger partial charge in [0.1, 0.15) is 0 Å². The van der Waals surface area contributed by atoms with Gasteiger partial charge in [0.2, 0.25) is 5.91 Å². The van der Waals surface area contributed by atoms with E-state index >= 15 is 0 Å². The molecule has 0 aliphatic carbocycles. The summed E-state index contributed by atoms with van der Waals surface area (Å²) in [6, 6.07) is 4.61. The summed E-state index contributed by atoms with van der Waals surface area (Å²) >= 11 is 2.51. The van der Waals surface area contributed by atoms with E-state index < -0.39 is 4.92 Å². The lowest BCUT2D eigenvalue weighted by Gasteiger charge is -2.35. The highest BCUT2D eigenvalue weighted by Gasteiger charge is 2.25. The molecule has 0 spiro atoms. The van der Waals surface area contributed by atoms with Gasteiger partial charge in [-0.15, -0.1) is 11.8 Å². The van der Waals surface area contributed by atoms with Gasteiger partial charge >= 0.3 is 0 Å². The summed E-state index contributed by atoms with van der Waals surface area (Å²) in [7, 11) is 0. The fourth-order valence-electron chi connectivity index (χ4n) is 4.10. The first kappa shape index (κ1) is 25.4. The third-order valence-corrected chi connectivity index (χ3v) is 7.38. The maximum Gasteiger partial charge on any atom is 0.270 e. The highest BCUT2D eigenvalue weighted by molar-refractivity contribution is 8.00. The van der Waals surface area contributed by atoms with Crippen LogP contribution in [0.2, 0.25) is 0 Å². The van der Waals surface area contributed by atoms with Gasteiger partial charge in [0.05, 0.1) is 33.3 Å². The summed E-state index contributed by atoms with van der Waals surface area (Å²) in [6.45, 7) is 9.26. The van der Waals surface area contributed by atoms with E-state index in [0.717, 1.165) is 25.0 Å². The third-order valence-electron chi connectivity index (χ3n) is 5.43. The number of nitrogens with zero attached hydrogens (tertiary/aromatic N) is 4. The molecule has 0 bridgehead atoms. The van der Waals surface area contributed by atoms with Gasteiger partial charge in [-0.05, 0) is 31.2 Å². The predicted octanol–water partition coefficient (Wildman–Crippen LogP) is 3.31. The number of hydrogen-bond donors (Lipinski definition) is 0. The lowest BCUT2D eigenvalue weighted by Crippen LogP contribution is -2.43. The van der Waals surface area contributed by atoms with E-state index in [-0.39, 0.29) is 29.0 Å². The molecular weight excluding hydrogens is 464 g/mol. The number of likely N-dealkylation sites (tertiary alicyclic amines) is 1. The minimum absolute atomic E-state index is 0.00555. The van der Waals surface area contributed by atoms with Gasteiger partial charge in [-0.1, -0.05) is 25.2 Å². The average Bonchev–Trinajstić information content (AvgIpc) is 3.09. The monoisotopic (exact) mass is 494 g/mol. The first-order chi connectivity index (χ1) is 15.8. The molecule has 2 atom stereocenters.